The van der Waals surface area contributed by atoms with Crippen molar-refractivity contribution in [3.05, 3.63) is 53.6 Å². The summed E-state index contributed by atoms with van der Waals surface area (Å²) in [5.41, 5.74) is 0.295. The molecular weight excluding hydrogens is 361 g/mol. The maximum Gasteiger partial charge on any atom is 0.415 e. The number of rotatable bonds is 3. The molecular formula is C17H14ClF3O4. The van der Waals surface area contributed by atoms with Crippen LogP contribution in [-0.2, 0) is 10.5 Å². The van der Waals surface area contributed by atoms with Gasteiger partial charge in [-0.05, 0) is 24.3 Å². The molecule has 1 aliphatic carbocycles. The van der Waals surface area contributed by atoms with Crippen LogP contribution in [0, 0.1) is 0 Å². The van der Waals surface area contributed by atoms with Gasteiger partial charge in [-0.2, -0.15) is 13.2 Å². The van der Waals surface area contributed by atoms with E-state index in [-0.39, 0.29) is 23.3 Å². The minimum atomic E-state index is -4.74. The summed E-state index contributed by atoms with van der Waals surface area (Å²) in [5.74, 6) is -2.49. The Morgan fingerprint density at radius 2 is 2.08 bits per heavy atom. The number of hydrogen-bond donors (Lipinski definition) is 1. The van der Waals surface area contributed by atoms with E-state index < -0.39 is 28.9 Å². The van der Waals surface area contributed by atoms with Crippen molar-refractivity contribution in [1.82, 2.24) is 0 Å². The Labute approximate surface area is 146 Å². The van der Waals surface area contributed by atoms with Crippen molar-refractivity contribution in [1.29, 1.82) is 0 Å². The van der Waals surface area contributed by atoms with Crippen LogP contribution in [-0.4, -0.2) is 28.2 Å². The number of benzene rings is 1. The lowest BCUT2D eigenvalue weighted by Gasteiger charge is -2.34. The van der Waals surface area contributed by atoms with Gasteiger partial charge in [0.2, 0.25) is 5.79 Å². The summed E-state index contributed by atoms with van der Waals surface area (Å²) in [6.07, 6.45) is -1.54. The number of fused-ring (bicyclic) bond motifs is 1. The third-order valence-electron chi connectivity index (χ3n) is 4.22. The summed E-state index contributed by atoms with van der Waals surface area (Å²) >= 11 is 5.77. The van der Waals surface area contributed by atoms with Crippen LogP contribution in [0.1, 0.15) is 29.3 Å². The topological polar surface area (TPSA) is 55.8 Å². The lowest BCUT2D eigenvalue weighted by molar-refractivity contribution is -0.166. The van der Waals surface area contributed by atoms with Gasteiger partial charge in [0.25, 0.3) is 0 Å². The molecule has 8 heteroatoms. The van der Waals surface area contributed by atoms with Gasteiger partial charge >= 0.3 is 12.1 Å². The van der Waals surface area contributed by atoms with Crippen molar-refractivity contribution < 1.29 is 32.5 Å². The maximum atomic E-state index is 13.3. The monoisotopic (exact) mass is 374 g/mol. The van der Waals surface area contributed by atoms with Crippen LogP contribution in [0.15, 0.2) is 42.5 Å². The Balaban J connectivity index is 1.95. The first kappa shape index (κ1) is 17.8. The molecule has 3 rings (SSSR count). The minimum absolute atomic E-state index is 0.0307. The molecule has 25 heavy (non-hydrogen) atoms. The molecule has 1 N–H and O–H groups in total. The zero-order valence-corrected chi connectivity index (χ0v) is 13.8. The van der Waals surface area contributed by atoms with Crippen molar-refractivity contribution in [2.75, 3.05) is 0 Å². The number of esters is 1. The fraction of sp³-hybridized carbons (Fsp3) is 0.353. The summed E-state index contributed by atoms with van der Waals surface area (Å²) in [5, 5.41) is 10.4. The number of cyclic esters (lactones) is 1. The van der Waals surface area contributed by atoms with E-state index in [9.17, 15) is 23.1 Å². The molecule has 1 heterocycles. The highest BCUT2D eigenvalue weighted by molar-refractivity contribution is 6.26. The number of carbonyl (C=O) groups is 1. The molecule has 0 saturated heterocycles. The van der Waals surface area contributed by atoms with Gasteiger partial charge in [-0.15, -0.1) is 11.6 Å². The maximum absolute atomic E-state index is 13.3. The molecule has 0 bridgehead atoms. The zero-order chi connectivity index (χ0) is 18.5. The van der Waals surface area contributed by atoms with Crippen molar-refractivity contribution in [2.24, 2.45) is 0 Å². The first-order chi connectivity index (χ1) is 11.6. The van der Waals surface area contributed by atoms with Crippen molar-refractivity contribution in [3.63, 3.8) is 0 Å². The van der Waals surface area contributed by atoms with E-state index in [0.29, 0.717) is 0 Å². The van der Waals surface area contributed by atoms with E-state index in [4.69, 9.17) is 21.1 Å². The van der Waals surface area contributed by atoms with Crippen molar-refractivity contribution in [3.8, 4) is 5.75 Å². The van der Waals surface area contributed by atoms with Crippen LogP contribution in [0.2, 0.25) is 0 Å². The van der Waals surface area contributed by atoms with E-state index in [1.165, 1.54) is 36.4 Å². The molecule has 3 unspecified atom stereocenters. The summed E-state index contributed by atoms with van der Waals surface area (Å²) in [7, 11) is 0. The van der Waals surface area contributed by atoms with Crippen LogP contribution in [0.5, 0.6) is 5.75 Å². The highest BCUT2D eigenvalue weighted by Crippen LogP contribution is 2.44. The molecule has 0 fully saturated rings. The Bertz CT molecular complexity index is 774. The van der Waals surface area contributed by atoms with Gasteiger partial charge in [-0.1, -0.05) is 25.2 Å². The second-order valence-corrected chi connectivity index (χ2v) is 6.41. The normalized spacial score (nSPS) is 31.0. The molecule has 134 valence electrons. The van der Waals surface area contributed by atoms with E-state index in [2.05, 4.69) is 0 Å². The summed E-state index contributed by atoms with van der Waals surface area (Å²) in [6, 6.07) is 3.97. The van der Waals surface area contributed by atoms with Crippen LogP contribution < -0.4 is 4.74 Å². The SMILES string of the molecule is CCC1(O)OC(=O)c2ccc(OC3C=CC=CC3(Cl)C(F)(F)F)cc21. The largest absolute Gasteiger partial charge is 0.484 e. The summed E-state index contributed by atoms with van der Waals surface area (Å²) < 4.78 is 50.3. The smallest absolute Gasteiger partial charge is 0.415 e. The first-order valence-electron chi connectivity index (χ1n) is 7.49. The van der Waals surface area contributed by atoms with Gasteiger partial charge in [0.05, 0.1) is 5.56 Å². The van der Waals surface area contributed by atoms with Crippen LogP contribution in [0.25, 0.3) is 0 Å². The third kappa shape index (κ3) is 2.81. The number of carbonyl (C=O) groups excluding carboxylic acids is 1. The quantitative estimate of drug-likeness (QED) is 0.645. The van der Waals surface area contributed by atoms with E-state index in [0.717, 1.165) is 6.08 Å². The molecule has 2 aliphatic rings. The van der Waals surface area contributed by atoms with Crippen molar-refractivity contribution in [2.45, 2.75) is 36.3 Å². The van der Waals surface area contributed by atoms with Crippen LogP contribution in [0.3, 0.4) is 0 Å². The summed E-state index contributed by atoms with van der Waals surface area (Å²) in [4.78, 5) is 9.05. The molecule has 0 amide bonds. The van der Waals surface area contributed by atoms with Gasteiger partial charge in [-0.3, -0.25) is 0 Å². The third-order valence-corrected chi connectivity index (χ3v) is 4.78. The lowest BCUT2D eigenvalue weighted by atomic mass is 9.95. The number of ether oxygens (including phenoxy) is 2. The lowest BCUT2D eigenvalue weighted by Crippen LogP contribution is -2.50. The van der Waals surface area contributed by atoms with Gasteiger partial charge in [0.15, 0.2) is 4.87 Å². The number of allylic oxidation sites excluding steroid dienone is 2. The molecule has 1 aliphatic heterocycles. The van der Waals surface area contributed by atoms with Gasteiger partial charge in [0.1, 0.15) is 11.9 Å². The van der Waals surface area contributed by atoms with E-state index >= 15 is 0 Å². The molecule has 4 nitrogen and oxygen atoms in total. The number of aliphatic hydroxyl groups is 1. The molecule has 1 aromatic rings. The van der Waals surface area contributed by atoms with Crippen LogP contribution in [0.4, 0.5) is 13.2 Å². The number of halogens is 4. The van der Waals surface area contributed by atoms with E-state index in [1.807, 2.05) is 0 Å². The number of alkyl halides is 4. The average Bonchev–Trinajstić information content (AvgIpc) is 2.80. The molecule has 0 spiro atoms. The molecule has 0 aromatic heterocycles. The molecule has 0 saturated carbocycles. The standard InChI is InChI=1S/C17H14ClF3O4/c1-2-16(23)12-9-10(6-7-11(12)14(22)25-16)24-13-5-3-4-8-15(13,18)17(19,20)21/h3-9,13,23H,2H2,1H3. The Morgan fingerprint density at radius 3 is 2.72 bits per heavy atom. The second kappa shape index (κ2) is 5.78. The first-order valence-corrected chi connectivity index (χ1v) is 7.87. The van der Waals surface area contributed by atoms with Gasteiger partial charge in [-0.25, -0.2) is 4.79 Å². The Morgan fingerprint density at radius 1 is 1.36 bits per heavy atom. The van der Waals surface area contributed by atoms with Gasteiger partial charge in [0, 0.05) is 12.0 Å². The highest BCUT2D eigenvalue weighted by Gasteiger charge is 2.58. The molecule has 3 atom stereocenters. The van der Waals surface area contributed by atoms with Crippen LogP contribution >= 0.6 is 11.6 Å². The zero-order valence-electron chi connectivity index (χ0n) is 13.0. The molecule has 1 aromatic carbocycles. The Kier molecular flexibility index (Phi) is 4.12. The molecule has 0 radical (unpaired) electrons. The van der Waals surface area contributed by atoms with Crippen molar-refractivity contribution >= 4 is 17.6 Å². The Hall–Kier alpha value is -1.99. The summed E-state index contributed by atoms with van der Waals surface area (Å²) in [6.45, 7) is 1.61. The predicted octanol–water partition coefficient (Wildman–Crippen LogP) is 3.83. The van der Waals surface area contributed by atoms with E-state index in [1.54, 1.807) is 6.92 Å². The average molecular weight is 375 g/mol. The minimum Gasteiger partial charge on any atom is -0.484 e. The second-order valence-electron chi connectivity index (χ2n) is 5.78. The fourth-order valence-corrected chi connectivity index (χ4v) is 2.94. The fourth-order valence-electron chi connectivity index (χ4n) is 2.75. The van der Waals surface area contributed by atoms with Gasteiger partial charge < -0.3 is 14.6 Å². The number of hydrogen-bond acceptors (Lipinski definition) is 4. The highest BCUT2D eigenvalue weighted by atomic mass is 35.5. The predicted molar refractivity (Wildman–Crippen MR) is 83.4 cm³/mol.